The van der Waals surface area contributed by atoms with Crippen LogP contribution in [-0.4, -0.2) is 75.2 Å². The minimum atomic E-state index is -0.383. The molecule has 654 valence electrons. The number of Topliss-reactive ketones (excluding diaryl/α,β-unsaturated/α-hetero) is 3. The quantitative estimate of drug-likeness (QED) is 0.141. The van der Waals surface area contributed by atoms with Gasteiger partial charge in [-0.15, -0.1) is 0 Å². The highest BCUT2D eigenvalue weighted by atomic mass is 16.2. The molecule has 0 atom stereocenters. The molecule has 0 spiro atoms. The summed E-state index contributed by atoms with van der Waals surface area (Å²) in [5, 5.41) is 0. The van der Waals surface area contributed by atoms with Gasteiger partial charge in [-0.2, -0.15) is 0 Å². The molecule has 0 amide bonds. The molecule has 1 aromatic carbocycles. The zero-order valence-electron chi connectivity index (χ0n) is 80.9. The van der Waals surface area contributed by atoms with Crippen molar-refractivity contribution in [2.24, 2.45) is 59.6 Å². The molecule has 0 saturated carbocycles. The topological polar surface area (TPSA) is 222 Å². The van der Waals surface area contributed by atoms with Crippen LogP contribution in [0.1, 0.15) is 344 Å². The van der Waals surface area contributed by atoms with E-state index in [1.54, 1.807) is 49.5 Å². The Morgan fingerprint density at radius 2 is 0.596 bits per heavy atom. The fourth-order valence-corrected chi connectivity index (χ4v) is 5.99. The molecule has 0 aliphatic carbocycles. The molecule has 0 aliphatic heterocycles. The van der Waals surface area contributed by atoms with Crippen LogP contribution in [0.25, 0.3) is 6.08 Å². The Morgan fingerprint density at radius 1 is 0.333 bits per heavy atom. The smallest absolute Gasteiger partial charge is 0.163 e. The zero-order valence-corrected chi connectivity index (χ0v) is 80.9. The number of carbonyl (C=O) groups is 13. The van der Waals surface area contributed by atoms with Crippen molar-refractivity contribution in [3.63, 3.8) is 0 Å². The van der Waals surface area contributed by atoms with Gasteiger partial charge in [-0.3, -0.25) is 62.3 Å². The van der Waals surface area contributed by atoms with Gasteiger partial charge in [0.15, 0.2) is 75.2 Å². The normalized spacial score (nSPS) is 11.6. The highest BCUT2D eigenvalue weighted by Gasteiger charge is 2.26. The molecular formula is C101H172O13. The summed E-state index contributed by atoms with van der Waals surface area (Å²) in [5.41, 5.74) is 1.44. The Hall–Kier alpha value is -7.93. The molecule has 0 radical (unpaired) electrons. The number of hydrogen-bond donors (Lipinski definition) is 0. The fraction of sp³-hybridized carbons (Fsp3) is 0.594. The van der Waals surface area contributed by atoms with Gasteiger partial charge in [0.05, 0.1) is 0 Å². The van der Waals surface area contributed by atoms with Crippen LogP contribution in [0.4, 0.5) is 0 Å². The third-order valence-electron chi connectivity index (χ3n) is 13.8. The predicted octanol–water partition coefficient (Wildman–Crippen LogP) is 27.1. The zero-order chi connectivity index (χ0) is 93.4. The van der Waals surface area contributed by atoms with Gasteiger partial charge in [-0.25, -0.2) is 0 Å². The van der Waals surface area contributed by atoms with Crippen LogP contribution < -0.4 is 0 Å². The van der Waals surface area contributed by atoms with Crippen LogP contribution in [0.5, 0.6) is 0 Å². The van der Waals surface area contributed by atoms with Crippen molar-refractivity contribution in [2.45, 2.75) is 339 Å². The molecular weight excluding hydrogens is 1420 g/mol. The average molecular weight is 1590 g/mol. The van der Waals surface area contributed by atoms with E-state index in [9.17, 15) is 62.3 Å². The summed E-state index contributed by atoms with van der Waals surface area (Å²) in [6.45, 7) is 97.1. The maximum Gasteiger partial charge on any atom is 0.163 e. The SMILES string of the molecule is C.C/C=C(\C)C(=O)C(C)(C)C.C/C=C/C(=O)C(C)(C)C.C/C=C\C(=O)C(C)(C)C.C=C(C)C(=O)C(C)(C)C.C=C(CC)C(=O)C(C)(C)C.C=CC(=O)C(C)(C)C.CC.CC(=O)/C=C/C(=O)C(C)(C)C.CC(=O)/C=C\C(=O)C(C)(C)C.CC(C)(C)C(=O)/C=C/c1ccccc1.CC(C)=CC(=O)C(C)(C)C.CC/C=C/C(=O)C(C)(C)C. The molecule has 114 heavy (non-hydrogen) atoms. The fourth-order valence-electron chi connectivity index (χ4n) is 5.99. The summed E-state index contributed by atoms with van der Waals surface area (Å²) in [4.78, 5) is 143. The maximum absolute atomic E-state index is 11.6. The molecule has 0 aromatic heterocycles. The van der Waals surface area contributed by atoms with Gasteiger partial charge < -0.3 is 0 Å². The first-order chi connectivity index (χ1) is 50.1. The van der Waals surface area contributed by atoms with Crippen molar-refractivity contribution in [3.05, 3.63) is 163 Å². The van der Waals surface area contributed by atoms with Crippen molar-refractivity contribution >= 4 is 81.3 Å². The molecule has 13 nitrogen and oxygen atoms in total. The number of rotatable bonds is 16. The van der Waals surface area contributed by atoms with Gasteiger partial charge in [0.25, 0.3) is 0 Å². The van der Waals surface area contributed by atoms with E-state index in [4.69, 9.17) is 0 Å². The minimum absolute atomic E-state index is 0. The van der Waals surface area contributed by atoms with Gasteiger partial charge in [0.1, 0.15) is 0 Å². The lowest BCUT2D eigenvalue weighted by Gasteiger charge is -2.16. The van der Waals surface area contributed by atoms with Crippen LogP contribution in [-0.2, 0) is 62.3 Å². The summed E-state index contributed by atoms with van der Waals surface area (Å²) in [5.74, 6) is 1.34. The van der Waals surface area contributed by atoms with E-state index < -0.39 is 0 Å². The van der Waals surface area contributed by atoms with Crippen molar-refractivity contribution in [3.8, 4) is 0 Å². The summed E-state index contributed by atoms with van der Waals surface area (Å²) in [7, 11) is 0. The first-order valence-corrected chi connectivity index (χ1v) is 39.3. The van der Waals surface area contributed by atoms with Crippen molar-refractivity contribution < 1.29 is 62.3 Å². The van der Waals surface area contributed by atoms with E-state index in [0.29, 0.717) is 5.57 Å². The molecule has 0 N–H and O–H groups in total. The molecule has 0 fully saturated rings. The Kier molecular flexibility index (Phi) is 73.5. The summed E-state index contributed by atoms with van der Waals surface area (Å²) in [6, 6.07) is 9.84. The van der Waals surface area contributed by atoms with Crippen LogP contribution in [0.15, 0.2) is 157 Å². The van der Waals surface area contributed by atoms with E-state index in [0.717, 1.165) is 35.1 Å². The van der Waals surface area contributed by atoms with Gasteiger partial charge in [-0.05, 0) is 158 Å². The van der Waals surface area contributed by atoms with E-state index >= 15 is 0 Å². The van der Waals surface area contributed by atoms with Gasteiger partial charge in [0, 0.05) is 59.6 Å². The Bertz CT molecular complexity index is 3270. The number of allylic oxidation sites excluding steroid dienone is 18. The van der Waals surface area contributed by atoms with E-state index in [1.807, 2.05) is 346 Å². The third kappa shape index (κ3) is 86.5. The lowest BCUT2D eigenvalue weighted by molar-refractivity contribution is -0.123. The second-order valence-electron chi connectivity index (χ2n) is 38.2. The molecule has 0 unspecified atom stereocenters. The number of ketones is 13. The van der Waals surface area contributed by atoms with E-state index in [1.165, 1.54) is 44.2 Å². The first-order valence-electron chi connectivity index (χ1n) is 39.3. The van der Waals surface area contributed by atoms with E-state index in [2.05, 4.69) is 19.7 Å². The van der Waals surface area contributed by atoms with Crippen LogP contribution in [0.2, 0.25) is 0 Å². The second-order valence-corrected chi connectivity index (χ2v) is 38.2. The van der Waals surface area contributed by atoms with E-state index in [-0.39, 0.29) is 142 Å². The van der Waals surface area contributed by atoms with Gasteiger partial charge in [-0.1, -0.05) is 350 Å². The van der Waals surface area contributed by atoms with Crippen LogP contribution >= 0.6 is 0 Å². The molecule has 0 aliphatic rings. The summed E-state index contributed by atoms with van der Waals surface area (Å²) >= 11 is 0. The highest BCUT2D eigenvalue weighted by molar-refractivity contribution is 6.02. The predicted molar refractivity (Wildman–Crippen MR) is 495 cm³/mol. The largest absolute Gasteiger partial charge is 0.295 e. The summed E-state index contributed by atoms with van der Waals surface area (Å²) < 4.78 is 0. The highest BCUT2D eigenvalue weighted by Crippen LogP contribution is 2.24. The number of carbonyl (C=O) groups excluding carboxylic acids is 13. The molecule has 1 aromatic rings. The molecule has 0 saturated heterocycles. The molecule has 1 rings (SSSR count). The third-order valence-corrected chi connectivity index (χ3v) is 13.8. The molecule has 13 heteroatoms. The number of hydrogen-bond acceptors (Lipinski definition) is 13. The number of benzene rings is 1. The maximum atomic E-state index is 11.6. The second kappa shape index (κ2) is 63.3. The molecule has 0 bridgehead atoms. The summed E-state index contributed by atoms with van der Waals surface area (Å²) in [6.07, 6.45) is 25.7. The Labute approximate surface area is 701 Å². The van der Waals surface area contributed by atoms with Gasteiger partial charge >= 0.3 is 0 Å². The van der Waals surface area contributed by atoms with Crippen molar-refractivity contribution in [1.29, 1.82) is 0 Å². The first kappa shape index (κ1) is 132. The van der Waals surface area contributed by atoms with Gasteiger partial charge in [0.2, 0.25) is 0 Å². The minimum Gasteiger partial charge on any atom is -0.295 e. The average Bonchev–Trinajstić information content (AvgIpc) is 0.894. The Morgan fingerprint density at radius 3 is 0.746 bits per heavy atom. The standard InChI is InChI=1S/C13H16O.2C9H14O2.4C9H16O.3C8H14O.C7H12O.C2H6.CH4/c1-13(2,3)12(14)10-9-11-7-5-4-6-8-11;2*1-7(10)5-6-8(11)9(2,3)4;1-7(2)6-8(10)9(3,4)5;2*1-6-7(2)8(10)9(3,4)5;1-5-6-7-8(10)9(2,3)4;1-6(2)7(9)8(3,4)5;2*1-5-6-7(9)8(2,3)4;1-5-6(8)7(2,3)4;1-2;/h4-10H,1-3H3;2*5-6H,1-4H3;2*6H,1-5H3;2,6H2,1,3-5H3;6-7H,5H2,1-4H3;1H2,2-5H3;2*5-6H,1-4H3;5H,1H2,2-4H3;1-2H3;1H4/b10-9+;6-5+;6-5-;;7-6+;;7-6+;;6-5+;6-5-;;;. The lowest BCUT2D eigenvalue weighted by Crippen LogP contribution is -2.21. The monoisotopic (exact) mass is 1590 g/mol. The molecule has 0 heterocycles. The van der Waals surface area contributed by atoms with Crippen LogP contribution in [0.3, 0.4) is 0 Å². The Balaban J connectivity index is -0.000000100. The van der Waals surface area contributed by atoms with Crippen LogP contribution in [0, 0.1) is 59.6 Å². The van der Waals surface area contributed by atoms with Crippen molar-refractivity contribution in [2.75, 3.05) is 0 Å². The van der Waals surface area contributed by atoms with Crippen molar-refractivity contribution in [1.82, 2.24) is 0 Å². The lowest BCUT2D eigenvalue weighted by atomic mass is 9.86.